The zero-order chi connectivity index (χ0) is 13.1. The summed E-state index contributed by atoms with van der Waals surface area (Å²) in [6.45, 7) is 1.89. The van der Waals surface area contributed by atoms with Gasteiger partial charge in [0.1, 0.15) is 0 Å². The lowest BCUT2D eigenvalue weighted by atomic mass is 9.81. The van der Waals surface area contributed by atoms with E-state index in [1.165, 1.54) is 0 Å². The smallest absolute Gasteiger partial charge is 0.311 e. The van der Waals surface area contributed by atoms with Crippen LogP contribution in [0.4, 0.5) is 0 Å². The predicted octanol–water partition coefficient (Wildman–Crippen LogP) is 2.85. The maximum atomic E-state index is 11.6. The van der Waals surface area contributed by atoms with E-state index in [0.29, 0.717) is 5.02 Å². The van der Waals surface area contributed by atoms with Crippen LogP contribution in [0.3, 0.4) is 0 Å². The van der Waals surface area contributed by atoms with E-state index in [1.54, 1.807) is 12.1 Å². The highest BCUT2D eigenvalue weighted by molar-refractivity contribution is 6.30. The summed E-state index contributed by atoms with van der Waals surface area (Å²) in [6.07, 6.45) is 2.03. The Morgan fingerprint density at radius 2 is 2.33 bits per heavy atom. The van der Waals surface area contributed by atoms with Crippen molar-refractivity contribution < 1.29 is 9.90 Å². The number of benzene rings is 1. The topological polar surface area (TPSA) is 40.5 Å². The SMILES string of the molecule is CN1CCCC(C(C(=O)O)c2cccc(Cl)c2)C1. The van der Waals surface area contributed by atoms with Crippen LogP contribution < -0.4 is 0 Å². The molecule has 98 valence electrons. The third kappa shape index (κ3) is 3.03. The monoisotopic (exact) mass is 267 g/mol. The average Bonchev–Trinajstić information content (AvgIpc) is 2.28. The number of nitrogens with zero attached hydrogens (tertiary/aromatic N) is 1. The second-order valence-electron chi connectivity index (χ2n) is 5.04. The Morgan fingerprint density at radius 1 is 1.56 bits per heavy atom. The van der Waals surface area contributed by atoms with Gasteiger partial charge in [0.2, 0.25) is 0 Å². The van der Waals surface area contributed by atoms with Crippen LogP contribution in [0.15, 0.2) is 24.3 Å². The van der Waals surface area contributed by atoms with E-state index in [1.807, 2.05) is 19.2 Å². The van der Waals surface area contributed by atoms with E-state index in [2.05, 4.69) is 4.90 Å². The molecule has 1 saturated heterocycles. The summed E-state index contributed by atoms with van der Waals surface area (Å²) in [6, 6.07) is 7.23. The number of aliphatic carboxylic acids is 1. The van der Waals surface area contributed by atoms with Crippen LogP contribution in [0.5, 0.6) is 0 Å². The summed E-state index contributed by atoms with van der Waals surface area (Å²) in [5.41, 5.74) is 0.815. The largest absolute Gasteiger partial charge is 0.481 e. The van der Waals surface area contributed by atoms with Crippen LogP contribution in [0.25, 0.3) is 0 Å². The van der Waals surface area contributed by atoms with Crippen molar-refractivity contribution in [2.24, 2.45) is 5.92 Å². The van der Waals surface area contributed by atoms with Gasteiger partial charge in [0.25, 0.3) is 0 Å². The molecule has 18 heavy (non-hydrogen) atoms. The van der Waals surface area contributed by atoms with Crippen molar-refractivity contribution in [3.63, 3.8) is 0 Å². The Labute approximate surface area is 112 Å². The molecular formula is C14H18ClNO2. The number of rotatable bonds is 3. The highest BCUT2D eigenvalue weighted by Gasteiger charge is 2.32. The summed E-state index contributed by atoms with van der Waals surface area (Å²) in [5, 5.41) is 10.1. The van der Waals surface area contributed by atoms with Crippen LogP contribution >= 0.6 is 11.6 Å². The second kappa shape index (κ2) is 5.72. The molecule has 0 amide bonds. The van der Waals surface area contributed by atoms with Gasteiger partial charge in [0.15, 0.2) is 0 Å². The lowest BCUT2D eigenvalue weighted by molar-refractivity contribution is -0.140. The molecule has 0 saturated carbocycles. The fraction of sp³-hybridized carbons (Fsp3) is 0.500. The number of piperidine rings is 1. The second-order valence-corrected chi connectivity index (χ2v) is 5.47. The van der Waals surface area contributed by atoms with Gasteiger partial charge in [-0.05, 0) is 50.0 Å². The van der Waals surface area contributed by atoms with Gasteiger partial charge in [-0.3, -0.25) is 4.79 Å². The third-order valence-corrected chi connectivity index (χ3v) is 3.84. The van der Waals surface area contributed by atoms with Gasteiger partial charge in [0.05, 0.1) is 5.92 Å². The molecule has 0 aliphatic carbocycles. The molecule has 1 heterocycles. The number of carboxylic acid groups (broad SMARTS) is 1. The molecule has 2 rings (SSSR count). The maximum Gasteiger partial charge on any atom is 0.311 e. The van der Waals surface area contributed by atoms with Crippen LogP contribution in [0.2, 0.25) is 5.02 Å². The van der Waals surface area contributed by atoms with Crippen molar-refractivity contribution in [1.82, 2.24) is 4.90 Å². The molecule has 0 aromatic heterocycles. The number of hydrogen-bond acceptors (Lipinski definition) is 2. The molecule has 3 nitrogen and oxygen atoms in total. The summed E-state index contributed by atoms with van der Waals surface area (Å²) in [4.78, 5) is 13.8. The third-order valence-electron chi connectivity index (χ3n) is 3.61. The van der Waals surface area contributed by atoms with Gasteiger partial charge >= 0.3 is 5.97 Å². The fourth-order valence-electron chi connectivity index (χ4n) is 2.79. The van der Waals surface area contributed by atoms with Crippen molar-refractivity contribution in [3.8, 4) is 0 Å². The van der Waals surface area contributed by atoms with Gasteiger partial charge < -0.3 is 10.0 Å². The summed E-state index contributed by atoms with van der Waals surface area (Å²) in [5.74, 6) is -1.04. The normalized spacial score (nSPS) is 22.7. The average molecular weight is 268 g/mol. The van der Waals surface area contributed by atoms with Crippen LogP contribution in [0, 0.1) is 5.92 Å². The van der Waals surface area contributed by atoms with E-state index in [4.69, 9.17) is 11.6 Å². The van der Waals surface area contributed by atoms with Gasteiger partial charge in [-0.15, -0.1) is 0 Å². The molecule has 1 N–H and O–H groups in total. The Kier molecular flexibility index (Phi) is 4.25. The first kappa shape index (κ1) is 13.4. The lowest BCUT2D eigenvalue weighted by Crippen LogP contribution is -2.37. The van der Waals surface area contributed by atoms with Crippen LogP contribution in [0.1, 0.15) is 24.3 Å². The highest BCUT2D eigenvalue weighted by Crippen LogP contribution is 2.32. The lowest BCUT2D eigenvalue weighted by Gasteiger charge is -2.33. The first-order chi connectivity index (χ1) is 8.58. The van der Waals surface area contributed by atoms with E-state index >= 15 is 0 Å². The molecule has 1 aromatic carbocycles. The van der Waals surface area contributed by atoms with Crippen molar-refractivity contribution >= 4 is 17.6 Å². The Bertz CT molecular complexity index is 436. The molecule has 2 unspecified atom stereocenters. The summed E-state index contributed by atoms with van der Waals surface area (Å²) in [7, 11) is 2.04. The van der Waals surface area contributed by atoms with Crippen molar-refractivity contribution in [1.29, 1.82) is 0 Å². The number of hydrogen-bond donors (Lipinski definition) is 1. The molecule has 0 spiro atoms. The van der Waals surface area contributed by atoms with Gasteiger partial charge in [-0.25, -0.2) is 0 Å². The van der Waals surface area contributed by atoms with E-state index in [9.17, 15) is 9.90 Å². The molecule has 0 bridgehead atoms. The first-order valence-corrected chi connectivity index (χ1v) is 6.62. The number of carboxylic acids is 1. The van der Waals surface area contributed by atoms with Crippen molar-refractivity contribution in [3.05, 3.63) is 34.9 Å². The summed E-state index contributed by atoms with van der Waals surface area (Å²) < 4.78 is 0. The number of halogens is 1. The van der Waals surface area contributed by atoms with Gasteiger partial charge in [0, 0.05) is 11.6 Å². The highest BCUT2D eigenvalue weighted by atomic mass is 35.5. The Morgan fingerprint density at radius 3 is 2.94 bits per heavy atom. The molecule has 1 aliphatic heterocycles. The van der Waals surface area contributed by atoms with Crippen LogP contribution in [-0.4, -0.2) is 36.1 Å². The quantitative estimate of drug-likeness (QED) is 0.916. The van der Waals surface area contributed by atoms with Gasteiger partial charge in [-0.2, -0.15) is 0 Å². The molecule has 1 fully saturated rings. The molecule has 1 aromatic rings. The Hall–Kier alpha value is -1.06. The number of carbonyl (C=O) groups is 1. The molecule has 1 aliphatic rings. The first-order valence-electron chi connectivity index (χ1n) is 6.24. The molecule has 0 radical (unpaired) electrons. The maximum absolute atomic E-state index is 11.6. The number of likely N-dealkylation sites (tertiary alicyclic amines) is 1. The molecular weight excluding hydrogens is 250 g/mol. The predicted molar refractivity (Wildman–Crippen MR) is 72.0 cm³/mol. The van der Waals surface area contributed by atoms with E-state index in [0.717, 1.165) is 31.5 Å². The van der Waals surface area contributed by atoms with Crippen molar-refractivity contribution in [2.75, 3.05) is 20.1 Å². The minimum Gasteiger partial charge on any atom is -0.481 e. The van der Waals surface area contributed by atoms with Crippen molar-refractivity contribution in [2.45, 2.75) is 18.8 Å². The minimum atomic E-state index is -0.752. The van der Waals surface area contributed by atoms with E-state index in [-0.39, 0.29) is 5.92 Å². The van der Waals surface area contributed by atoms with Crippen LogP contribution in [-0.2, 0) is 4.79 Å². The van der Waals surface area contributed by atoms with Gasteiger partial charge in [-0.1, -0.05) is 23.7 Å². The molecule has 4 heteroatoms. The minimum absolute atomic E-state index is 0.166. The zero-order valence-corrected chi connectivity index (χ0v) is 11.2. The zero-order valence-electron chi connectivity index (χ0n) is 10.5. The van der Waals surface area contributed by atoms with E-state index < -0.39 is 11.9 Å². The Balaban J connectivity index is 2.25. The standard InChI is InChI=1S/C14H18ClNO2/c1-16-7-3-5-11(9-16)13(14(17)18)10-4-2-6-12(15)8-10/h2,4,6,8,11,13H,3,5,7,9H2,1H3,(H,17,18). The fourth-order valence-corrected chi connectivity index (χ4v) is 2.99. The summed E-state index contributed by atoms with van der Waals surface area (Å²) >= 11 is 5.96. The molecule has 2 atom stereocenters.